The first-order valence-electron chi connectivity index (χ1n) is 8.18. The Balaban J connectivity index is 2.49. The van der Waals surface area contributed by atoms with Gasteiger partial charge in [-0.3, -0.25) is 9.59 Å². The van der Waals surface area contributed by atoms with Crippen LogP contribution in [0.25, 0.3) is 0 Å². The van der Waals surface area contributed by atoms with Crippen molar-refractivity contribution < 1.29 is 9.59 Å². The van der Waals surface area contributed by atoms with Crippen LogP contribution >= 0.6 is 0 Å². The van der Waals surface area contributed by atoms with Gasteiger partial charge in [-0.15, -0.1) is 0 Å². The van der Waals surface area contributed by atoms with Crippen molar-refractivity contribution in [3.63, 3.8) is 0 Å². The number of nitrogens with one attached hydrogen (secondary N) is 2. The van der Waals surface area contributed by atoms with Gasteiger partial charge in [0.1, 0.15) is 0 Å². The van der Waals surface area contributed by atoms with Crippen molar-refractivity contribution in [1.29, 1.82) is 0 Å². The second-order valence-electron chi connectivity index (χ2n) is 7.63. The number of hydrogen-bond donors (Lipinski definition) is 2. The van der Waals surface area contributed by atoms with Crippen molar-refractivity contribution in [1.82, 2.24) is 10.6 Å². The van der Waals surface area contributed by atoms with E-state index in [0.29, 0.717) is 6.54 Å². The Morgan fingerprint density at radius 1 is 1.04 bits per heavy atom. The van der Waals surface area contributed by atoms with Gasteiger partial charge in [0.15, 0.2) is 0 Å². The van der Waals surface area contributed by atoms with Crippen molar-refractivity contribution in [2.75, 3.05) is 6.54 Å². The Kier molecular flexibility index (Phi) is 6.37. The molecule has 0 aromatic heterocycles. The topological polar surface area (TPSA) is 58.2 Å². The van der Waals surface area contributed by atoms with Crippen LogP contribution in [0.15, 0.2) is 30.3 Å². The zero-order valence-electron chi connectivity index (χ0n) is 15.2. The molecule has 2 N–H and O–H groups in total. The van der Waals surface area contributed by atoms with E-state index in [1.165, 1.54) is 5.56 Å². The van der Waals surface area contributed by atoms with E-state index in [9.17, 15) is 9.59 Å². The lowest BCUT2D eigenvalue weighted by Crippen LogP contribution is -2.46. The van der Waals surface area contributed by atoms with Gasteiger partial charge in [-0.1, -0.05) is 65.0 Å². The number of amides is 2. The molecule has 1 aromatic rings. The molecule has 1 atom stereocenters. The third kappa shape index (κ3) is 5.70. The van der Waals surface area contributed by atoms with Crippen LogP contribution in [-0.2, 0) is 15.0 Å². The molecule has 0 bridgehead atoms. The SMILES string of the molecule is C[C@H](NC(=O)CCNC(=O)C(C)(C)C)C(C)(C)c1ccccc1. The Morgan fingerprint density at radius 3 is 2.13 bits per heavy atom. The van der Waals surface area contributed by atoms with E-state index in [0.717, 1.165) is 0 Å². The molecule has 1 rings (SSSR count). The minimum Gasteiger partial charge on any atom is -0.355 e. The molecular weight excluding hydrogens is 288 g/mol. The average Bonchev–Trinajstić information content (AvgIpc) is 2.46. The second kappa shape index (κ2) is 7.62. The van der Waals surface area contributed by atoms with E-state index in [-0.39, 0.29) is 29.7 Å². The van der Waals surface area contributed by atoms with Crippen LogP contribution in [0.5, 0.6) is 0 Å². The molecule has 0 spiro atoms. The fourth-order valence-corrected chi connectivity index (χ4v) is 2.17. The normalized spacial score (nSPS) is 13.3. The number of benzene rings is 1. The molecular formula is C19H30N2O2. The smallest absolute Gasteiger partial charge is 0.225 e. The molecule has 4 nitrogen and oxygen atoms in total. The fraction of sp³-hybridized carbons (Fsp3) is 0.579. The minimum absolute atomic E-state index is 0.00397. The molecule has 128 valence electrons. The first-order valence-corrected chi connectivity index (χ1v) is 8.18. The maximum absolute atomic E-state index is 12.1. The summed E-state index contributed by atoms with van der Waals surface area (Å²) < 4.78 is 0. The highest BCUT2D eigenvalue weighted by atomic mass is 16.2. The monoisotopic (exact) mass is 318 g/mol. The third-order valence-corrected chi connectivity index (χ3v) is 4.30. The Bertz CT molecular complexity index is 530. The number of carbonyl (C=O) groups is 2. The van der Waals surface area contributed by atoms with Gasteiger partial charge in [-0.2, -0.15) is 0 Å². The highest BCUT2D eigenvalue weighted by Crippen LogP contribution is 2.26. The third-order valence-electron chi connectivity index (χ3n) is 4.30. The van der Waals surface area contributed by atoms with Crippen LogP contribution in [0, 0.1) is 5.41 Å². The predicted octanol–water partition coefficient (Wildman–Crippen LogP) is 3.02. The summed E-state index contributed by atoms with van der Waals surface area (Å²) >= 11 is 0. The van der Waals surface area contributed by atoms with Gasteiger partial charge in [-0.05, 0) is 12.5 Å². The molecule has 0 unspecified atom stereocenters. The molecule has 23 heavy (non-hydrogen) atoms. The summed E-state index contributed by atoms with van der Waals surface area (Å²) in [7, 11) is 0. The Hall–Kier alpha value is -1.84. The molecule has 0 aliphatic heterocycles. The standard InChI is InChI=1S/C19H30N2O2/c1-14(19(5,6)15-10-8-7-9-11-15)21-16(22)12-13-20-17(23)18(2,3)4/h7-11,14H,12-13H2,1-6H3,(H,20,23)(H,21,22)/t14-/m0/s1. The maximum Gasteiger partial charge on any atom is 0.225 e. The summed E-state index contributed by atoms with van der Waals surface area (Å²) in [5, 5.41) is 5.84. The second-order valence-corrected chi connectivity index (χ2v) is 7.63. The average molecular weight is 318 g/mol. The van der Waals surface area contributed by atoms with Crippen molar-refractivity contribution in [3.8, 4) is 0 Å². The number of rotatable bonds is 6. The summed E-state index contributed by atoms with van der Waals surface area (Å²) in [5.41, 5.74) is 0.596. The van der Waals surface area contributed by atoms with Gasteiger partial charge in [0.2, 0.25) is 11.8 Å². The molecule has 2 amide bonds. The van der Waals surface area contributed by atoms with Crippen molar-refractivity contribution in [2.24, 2.45) is 5.41 Å². The number of carbonyl (C=O) groups excluding carboxylic acids is 2. The molecule has 1 aromatic carbocycles. The first-order chi connectivity index (χ1) is 10.5. The lowest BCUT2D eigenvalue weighted by atomic mass is 9.78. The molecule has 0 aliphatic rings. The van der Waals surface area contributed by atoms with Gasteiger partial charge in [0.05, 0.1) is 0 Å². The summed E-state index contributed by atoms with van der Waals surface area (Å²) in [6.45, 7) is 12.2. The van der Waals surface area contributed by atoms with E-state index in [1.54, 1.807) is 0 Å². The lowest BCUT2D eigenvalue weighted by Gasteiger charge is -2.33. The minimum atomic E-state index is -0.431. The van der Waals surface area contributed by atoms with Gasteiger partial charge in [0, 0.05) is 29.8 Å². The molecule has 0 saturated heterocycles. The Morgan fingerprint density at radius 2 is 1.61 bits per heavy atom. The molecule has 0 saturated carbocycles. The van der Waals surface area contributed by atoms with Crippen LogP contribution < -0.4 is 10.6 Å². The largest absolute Gasteiger partial charge is 0.355 e. The van der Waals surface area contributed by atoms with Gasteiger partial charge < -0.3 is 10.6 Å². The highest BCUT2D eigenvalue weighted by Gasteiger charge is 2.29. The Labute approximate surface area is 140 Å². The summed E-state index contributed by atoms with van der Waals surface area (Å²) in [6, 6.07) is 10.1. The molecule has 0 aliphatic carbocycles. The van der Waals surface area contributed by atoms with E-state index in [1.807, 2.05) is 45.9 Å². The lowest BCUT2D eigenvalue weighted by molar-refractivity contribution is -0.128. The zero-order valence-corrected chi connectivity index (χ0v) is 15.2. The molecule has 4 heteroatoms. The summed E-state index contributed by atoms with van der Waals surface area (Å²) in [5.74, 6) is -0.0846. The van der Waals surface area contributed by atoms with Crippen molar-refractivity contribution in [2.45, 2.75) is 59.4 Å². The van der Waals surface area contributed by atoms with Crippen molar-refractivity contribution >= 4 is 11.8 Å². The van der Waals surface area contributed by atoms with E-state index in [2.05, 4.69) is 36.6 Å². The molecule has 0 fully saturated rings. The summed E-state index contributed by atoms with van der Waals surface area (Å²) in [4.78, 5) is 23.9. The van der Waals surface area contributed by atoms with Gasteiger partial charge >= 0.3 is 0 Å². The van der Waals surface area contributed by atoms with E-state index in [4.69, 9.17) is 0 Å². The van der Waals surface area contributed by atoms with Crippen LogP contribution in [0.1, 0.15) is 53.5 Å². The van der Waals surface area contributed by atoms with E-state index >= 15 is 0 Å². The van der Waals surface area contributed by atoms with Crippen LogP contribution in [0.4, 0.5) is 0 Å². The molecule has 0 radical (unpaired) electrons. The van der Waals surface area contributed by atoms with Crippen LogP contribution in [-0.4, -0.2) is 24.4 Å². The predicted molar refractivity (Wildman–Crippen MR) is 94.2 cm³/mol. The van der Waals surface area contributed by atoms with Gasteiger partial charge in [0.25, 0.3) is 0 Å². The highest BCUT2D eigenvalue weighted by molar-refractivity contribution is 5.82. The van der Waals surface area contributed by atoms with Gasteiger partial charge in [-0.25, -0.2) is 0 Å². The maximum atomic E-state index is 12.1. The van der Waals surface area contributed by atoms with E-state index < -0.39 is 5.41 Å². The number of hydrogen-bond acceptors (Lipinski definition) is 2. The summed E-state index contributed by atoms with van der Waals surface area (Å²) in [6.07, 6.45) is 0.289. The quantitative estimate of drug-likeness (QED) is 0.847. The molecule has 0 heterocycles. The fourth-order valence-electron chi connectivity index (χ4n) is 2.17. The van der Waals surface area contributed by atoms with Crippen molar-refractivity contribution in [3.05, 3.63) is 35.9 Å². The van der Waals surface area contributed by atoms with Crippen LogP contribution in [0.2, 0.25) is 0 Å². The zero-order chi connectivity index (χ0) is 17.7. The first kappa shape index (κ1) is 19.2. The van der Waals surface area contributed by atoms with Crippen LogP contribution in [0.3, 0.4) is 0 Å².